The van der Waals surface area contributed by atoms with Gasteiger partial charge in [-0.25, -0.2) is 0 Å². The SMILES string of the molecule is CC(=O)O[C@H](C)[C@@H]1[C@H](OC(C)=O)C[C@@H]2[C@@H]3CC[C@H]4CCCC[C@]4(C)[C@@H]3CC[C@]12C. The second-order valence-corrected chi connectivity index (χ2v) is 11.2. The lowest BCUT2D eigenvalue weighted by Crippen LogP contribution is -2.53. The first-order valence-electron chi connectivity index (χ1n) is 12.0. The lowest BCUT2D eigenvalue weighted by molar-refractivity contribution is -0.163. The van der Waals surface area contributed by atoms with Crippen molar-refractivity contribution in [2.45, 2.75) is 105 Å². The van der Waals surface area contributed by atoms with Gasteiger partial charge in [0.05, 0.1) is 0 Å². The summed E-state index contributed by atoms with van der Waals surface area (Å²) in [6.07, 6.45) is 11.3. The van der Waals surface area contributed by atoms with E-state index in [4.69, 9.17) is 9.47 Å². The van der Waals surface area contributed by atoms with Crippen LogP contribution in [0.15, 0.2) is 0 Å². The van der Waals surface area contributed by atoms with Crippen molar-refractivity contribution in [1.82, 2.24) is 0 Å². The highest BCUT2D eigenvalue weighted by Gasteiger charge is 2.64. The lowest BCUT2D eigenvalue weighted by atomic mass is 9.45. The van der Waals surface area contributed by atoms with Crippen molar-refractivity contribution in [2.24, 2.45) is 40.4 Å². The number of hydrogen-bond donors (Lipinski definition) is 0. The van der Waals surface area contributed by atoms with E-state index in [-0.39, 0.29) is 35.5 Å². The Bertz CT molecular complexity index is 659. The smallest absolute Gasteiger partial charge is 0.302 e. The van der Waals surface area contributed by atoms with E-state index >= 15 is 0 Å². The molecule has 29 heavy (non-hydrogen) atoms. The van der Waals surface area contributed by atoms with Crippen LogP contribution in [0.25, 0.3) is 0 Å². The molecule has 4 fully saturated rings. The molecule has 164 valence electrons. The van der Waals surface area contributed by atoms with E-state index in [1.54, 1.807) is 0 Å². The molecule has 0 saturated heterocycles. The van der Waals surface area contributed by atoms with Gasteiger partial charge in [-0.1, -0.05) is 26.7 Å². The molecule has 4 heteroatoms. The average molecular weight is 405 g/mol. The van der Waals surface area contributed by atoms with Crippen molar-refractivity contribution in [1.29, 1.82) is 0 Å². The molecule has 4 aliphatic rings. The third kappa shape index (κ3) is 3.43. The monoisotopic (exact) mass is 404 g/mol. The molecule has 4 aliphatic carbocycles. The summed E-state index contributed by atoms with van der Waals surface area (Å²) in [6.45, 7) is 9.98. The molecule has 0 spiro atoms. The Hall–Kier alpha value is -1.06. The number of hydrogen-bond acceptors (Lipinski definition) is 4. The van der Waals surface area contributed by atoms with E-state index < -0.39 is 0 Å². The van der Waals surface area contributed by atoms with Crippen LogP contribution in [0, 0.1) is 40.4 Å². The summed E-state index contributed by atoms with van der Waals surface area (Å²) in [4.78, 5) is 23.6. The standard InChI is InChI=1S/C25H40O4/c1-15(28-16(2)26)23-22(29-17(3)27)14-21-19-10-9-18-8-6-7-12-24(18,4)20(19)11-13-25(21,23)5/h15,18-23H,6-14H2,1-5H3/t15-,18-,19-,20-,21-,22-,23-,24+,25+/m1/s1. The summed E-state index contributed by atoms with van der Waals surface area (Å²) >= 11 is 0. The molecule has 0 radical (unpaired) electrons. The highest BCUT2D eigenvalue weighted by Crippen LogP contribution is 2.68. The van der Waals surface area contributed by atoms with Crippen LogP contribution in [0.3, 0.4) is 0 Å². The maximum atomic E-state index is 11.9. The summed E-state index contributed by atoms with van der Waals surface area (Å²) < 4.78 is 11.5. The van der Waals surface area contributed by atoms with Gasteiger partial charge in [0.1, 0.15) is 12.2 Å². The average Bonchev–Trinajstić information content (AvgIpc) is 2.91. The van der Waals surface area contributed by atoms with Gasteiger partial charge in [-0.2, -0.15) is 0 Å². The quantitative estimate of drug-likeness (QED) is 0.581. The first-order chi connectivity index (χ1) is 13.7. The molecule has 0 unspecified atom stereocenters. The number of rotatable bonds is 3. The zero-order valence-electron chi connectivity index (χ0n) is 19.0. The summed E-state index contributed by atoms with van der Waals surface area (Å²) in [6, 6.07) is 0. The van der Waals surface area contributed by atoms with Crippen LogP contribution < -0.4 is 0 Å². The third-order valence-corrected chi connectivity index (χ3v) is 9.84. The topological polar surface area (TPSA) is 52.6 Å². The zero-order valence-corrected chi connectivity index (χ0v) is 19.0. The number of esters is 2. The highest BCUT2D eigenvalue weighted by molar-refractivity contribution is 5.67. The van der Waals surface area contributed by atoms with Crippen LogP contribution in [0.1, 0.15) is 92.4 Å². The van der Waals surface area contributed by atoms with Crippen LogP contribution in [0.5, 0.6) is 0 Å². The van der Waals surface area contributed by atoms with Gasteiger partial charge in [-0.05, 0) is 86.4 Å². The molecule has 0 aromatic heterocycles. The van der Waals surface area contributed by atoms with Crippen molar-refractivity contribution < 1.29 is 19.1 Å². The Kier molecular flexibility index (Phi) is 5.53. The fourth-order valence-corrected chi connectivity index (χ4v) is 8.83. The van der Waals surface area contributed by atoms with Crippen molar-refractivity contribution in [2.75, 3.05) is 0 Å². The predicted octanol–water partition coefficient (Wildman–Crippen LogP) is 5.53. The molecule has 4 saturated carbocycles. The van der Waals surface area contributed by atoms with Gasteiger partial charge >= 0.3 is 11.9 Å². The Morgan fingerprint density at radius 3 is 2.34 bits per heavy atom. The predicted molar refractivity (Wildman–Crippen MR) is 112 cm³/mol. The second-order valence-electron chi connectivity index (χ2n) is 11.2. The van der Waals surface area contributed by atoms with Crippen LogP contribution in [-0.4, -0.2) is 24.1 Å². The number of carbonyl (C=O) groups is 2. The fourth-order valence-electron chi connectivity index (χ4n) is 8.83. The van der Waals surface area contributed by atoms with Gasteiger partial charge in [0.2, 0.25) is 0 Å². The van der Waals surface area contributed by atoms with Crippen LogP contribution >= 0.6 is 0 Å². The van der Waals surface area contributed by atoms with Crippen molar-refractivity contribution in [3.63, 3.8) is 0 Å². The molecular formula is C25H40O4. The minimum atomic E-state index is -0.241. The van der Waals surface area contributed by atoms with E-state index in [0.717, 1.165) is 30.6 Å². The van der Waals surface area contributed by atoms with Crippen LogP contribution in [-0.2, 0) is 19.1 Å². The first-order valence-corrected chi connectivity index (χ1v) is 12.0. The summed E-state index contributed by atoms with van der Waals surface area (Å²) in [5, 5.41) is 0. The van der Waals surface area contributed by atoms with Gasteiger partial charge in [0.25, 0.3) is 0 Å². The Morgan fingerprint density at radius 1 is 0.897 bits per heavy atom. The van der Waals surface area contributed by atoms with Gasteiger partial charge < -0.3 is 9.47 Å². The number of ether oxygens (including phenoxy) is 2. The summed E-state index contributed by atoms with van der Waals surface area (Å²) in [7, 11) is 0. The molecule has 0 heterocycles. The van der Waals surface area contributed by atoms with Gasteiger partial charge in [-0.15, -0.1) is 0 Å². The molecular weight excluding hydrogens is 364 g/mol. The van der Waals surface area contributed by atoms with E-state index in [0.29, 0.717) is 11.3 Å². The Labute approximate surface area is 176 Å². The maximum absolute atomic E-state index is 11.9. The Morgan fingerprint density at radius 2 is 1.66 bits per heavy atom. The molecule has 0 N–H and O–H groups in total. The molecule has 9 atom stereocenters. The Balaban J connectivity index is 1.64. The van der Waals surface area contributed by atoms with E-state index in [1.165, 1.54) is 58.8 Å². The largest absolute Gasteiger partial charge is 0.462 e. The van der Waals surface area contributed by atoms with Crippen LogP contribution in [0.2, 0.25) is 0 Å². The van der Waals surface area contributed by atoms with Crippen LogP contribution in [0.4, 0.5) is 0 Å². The lowest BCUT2D eigenvalue weighted by Gasteiger charge is -2.60. The van der Waals surface area contributed by atoms with Gasteiger partial charge in [0.15, 0.2) is 0 Å². The number of fused-ring (bicyclic) bond motifs is 5. The normalized spacial score (nSPS) is 47.3. The van der Waals surface area contributed by atoms with E-state index in [2.05, 4.69) is 13.8 Å². The molecule has 0 aromatic carbocycles. The zero-order chi connectivity index (χ0) is 21.0. The van der Waals surface area contributed by atoms with Crippen molar-refractivity contribution in [3.05, 3.63) is 0 Å². The third-order valence-electron chi connectivity index (χ3n) is 9.84. The number of carbonyl (C=O) groups excluding carboxylic acids is 2. The second kappa shape index (κ2) is 7.57. The van der Waals surface area contributed by atoms with Gasteiger partial charge in [0, 0.05) is 19.8 Å². The summed E-state index contributed by atoms with van der Waals surface area (Å²) in [5.74, 6) is 2.64. The molecule has 4 nitrogen and oxygen atoms in total. The molecule has 0 aromatic rings. The fraction of sp³-hybridized carbons (Fsp3) is 0.920. The molecule has 0 aliphatic heterocycles. The molecule has 0 bridgehead atoms. The molecule has 4 rings (SSSR count). The summed E-state index contributed by atoms with van der Waals surface area (Å²) in [5.41, 5.74) is 0.576. The van der Waals surface area contributed by atoms with E-state index in [1.807, 2.05) is 6.92 Å². The van der Waals surface area contributed by atoms with Crippen molar-refractivity contribution >= 4 is 11.9 Å². The highest BCUT2D eigenvalue weighted by atomic mass is 16.6. The van der Waals surface area contributed by atoms with Crippen molar-refractivity contribution in [3.8, 4) is 0 Å². The first kappa shape index (κ1) is 21.2. The molecule has 0 amide bonds. The maximum Gasteiger partial charge on any atom is 0.302 e. The van der Waals surface area contributed by atoms with E-state index in [9.17, 15) is 9.59 Å². The van der Waals surface area contributed by atoms with Gasteiger partial charge in [-0.3, -0.25) is 9.59 Å². The minimum Gasteiger partial charge on any atom is -0.462 e. The minimum absolute atomic E-state index is 0.0774.